The molecule has 0 aliphatic carbocycles. The second-order valence-electron chi connectivity index (χ2n) is 4.52. The van der Waals surface area contributed by atoms with Gasteiger partial charge in [-0.05, 0) is 18.9 Å². The molecular weight excluding hydrogens is 226 g/mol. The van der Waals surface area contributed by atoms with E-state index in [0.29, 0.717) is 11.7 Å². The minimum Gasteiger partial charge on any atom is -0.337 e. The Hall–Kier alpha value is -1.68. The largest absolute Gasteiger partial charge is 0.337 e. The van der Waals surface area contributed by atoms with E-state index in [-0.39, 0.29) is 6.04 Å². The third kappa shape index (κ3) is 2.76. The number of unbranched alkanes of at least 4 members (excludes halogenated alkanes) is 1. The highest BCUT2D eigenvalue weighted by Crippen LogP contribution is 2.22. The Morgan fingerprint density at radius 3 is 2.83 bits per heavy atom. The minimum absolute atomic E-state index is 0.157. The summed E-state index contributed by atoms with van der Waals surface area (Å²) in [5.74, 6) is 1.15. The van der Waals surface area contributed by atoms with E-state index in [1.165, 1.54) is 0 Å². The van der Waals surface area contributed by atoms with Crippen molar-refractivity contribution in [3.8, 4) is 11.4 Å². The van der Waals surface area contributed by atoms with Crippen LogP contribution in [-0.4, -0.2) is 10.1 Å². The maximum atomic E-state index is 6.01. The molecule has 4 nitrogen and oxygen atoms in total. The molecule has 0 spiro atoms. The predicted molar refractivity (Wildman–Crippen MR) is 70.9 cm³/mol. The van der Waals surface area contributed by atoms with E-state index in [0.717, 1.165) is 30.4 Å². The van der Waals surface area contributed by atoms with E-state index < -0.39 is 0 Å². The normalized spacial score (nSPS) is 12.6. The quantitative estimate of drug-likeness (QED) is 0.878. The van der Waals surface area contributed by atoms with Crippen LogP contribution in [0.4, 0.5) is 0 Å². The molecule has 1 heterocycles. The second kappa shape index (κ2) is 5.78. The molecule has 1 aromatic carbocycles. The molecule has 1 atom stereocenters. The van der Waals surface area contributed by atoms with Gasteiger partial charge in [0.25, 0.3) is 0 Å². The van der Waals surface area contributed by atoms with E-state index >= 15 is 0 Å². The monoisotopic (exact) mass is 245 g/mol. The van der Waals surface area contributed by atoms with Gasteiger partial charge in [0, 0.05) is 5.56 Å². The van der Waals surface area contributed by atoms with E-state index in [9.17, 15) is 0 Å². The van der Waals surface area contributed by atoms with E-state index in [2.05, 4.69) is 17.1 Å². The Labute approximate surface area is 107 Å². The highest BCUT2D eigenvalue weighted by atomic mass is 16.5. The number of nitrogens with two attached hydrogens (primary N) is 1. The Morgan fingerprint density at radius 1 is 1.33 bits per heavy atom. The molecule has 1 unspecified atom stereocenters. The molecule has 2 rings (SSSR count). The van der Waals surface area contributed by atoms with Crippen LogP contribution in [0.3, 0.4) is 0 Å². The van der Waals surface area contributed by atoms with Crippen LogP contribution in [0.1, 0.15) is 43.7 Å². The summed E-state index contributed by atoms with van der Waals surface area (Å²) in [4.78, 5) is 4.39. The fourth-order valence-electron chi connectivity index (χ4n) is 1.87. The van der Waals surface area contributed by atoms with Gasteiger partial charge >= 0.3 is 0 Å². The average Bonchev–Trinajstić information content (AvgIpc) is 2.86. The molecule has 0 bridgehead atoms. The van der Waals surface area contributed by atoms with Crippen molar-refractivity contribution in [1.29, 1.82) is 0 Å². The molecule has 0 aliphatic heterocycles. The molecule has 0 aliphatic rings. The molecule has 96 valence electrons. The van der Waals surface area contributed by atoms with Crippen molar-refractivity contribution in [2.75, 3.05) is 0 Å². The summed E-state index contributed by atoms with van der Waals surface area (Å²) in [5.41, 5.74) is 8.14. The van der Waals surface area contributed by atoms with Gasteiger partial charge < -0.3 is 10.3 Å². The molecule has 0 radical (unpaired) electrons. The molecule has 0 fully saturated rings. The number of hydrogen-bond donors (Lipinski definition) is 1. The molecule has 4 heteroatoms. The second-order valence-corrected chi connectivity index (χ2v) is 4.52. The zero-order valence-corrected chi connectivity index (χ0v) is 10.9. The van der Waals surface area contributed by atoms with E-state index in [1.54, 1.807) is 0 Å². The van der Waals surface area contributed by atoms with Gasteiger partial charge in [0.15, 0.2) is 0 Å². The van der Waals surface area contributed by atoms with Crippen molar-refractivity contribution in [1.82, 2.24) is 10.1 Å². The highest BCUT2D eigenvalue weighted by molar-refractivity contribution is 5.58. The molecule has 2 aromatic rings. The van der Waals surface area contributed by atoms with E-state index in [1.807, 2.05) is 31.2 Å². The Balaban J connectivity index is 2.18. The van der Waals surface area contributed by atoms with Crippen LogP contribution in [0.25, 0.3) is 11.4 Å². The van der Waals surface area contributed by atoms with Crippen LogP contribution in [0.15, 0.2) is 28.8 Å². The van der Waals surface area contributed by atoms with Crippen LogP contribution in [0.5, 0.6) is 0 Å². The SMILES string of the molecule is CCCCC(N)c1nc(-c2ccccc2C)no1. The van der Waals surface area contributed by atoms with Gasteiger partial charge in [0.2, 0.25) is 11.7 Å². The summed E-state index contributed by atoms with van der Waals surface area (Å²) in [5, 5.41) is 4.01. The zero-order chi connectivity index (χ0) is 13.0. The summed E-state index contributed by atoms with van der Waals surface area (Å²) in [6.45, 7) is 4.17. The fourth-order valence-corrected chi connectivity index (χ4v) is 1.87. The van der Waals surface area contributed by atoms with Crippen LogP contribution in [-0.2, 0) is 0 Å². The molecule has 2 N–H and O–H groups in total. The summed E-state index contributed by atoms with van der Waals surface area (Å²) in [6.07, 6.45) is 3.07. The smallest absolute Gasteiger partial charge is 0.243 e. The zero-order valence-electron chi connectivity index (χ0n) is 10.9. The van der Waals surface area contributed by atoms with Crippen molar-refractivity contribution < 1.29 is 4.52 Å². The van der Waals surface area contributed by atoms with Gasteiger partial charge in [-0.3, -0.25) is 0 Å². The van der Waals surface area contributed by atoms with Crippen molar-refractivity contribution in [3.05, 3.63) is 35.7 Å². The van der Waals surface area contributed by atoms with Gasteiger partial charge in [0.1, 0.15) is 0 Å². The fraction of sp³-hybridized carbons (Fsp3) is 0.429. The van der Waals surface area contributed by atoms with Crippen molar-refractivity contribution in [3.63, 3.8) is 0 Å². The first-order valence-corrected chi connectivity index (χ1v) is 6.37. The third-order valence-corrected chi connectivity index (χ3v) is 3.01. The lowest BCUT2D eigenvalue weighted by Gasteiger charge is -2.04. The highest BCUT2D eigenvalue weighted by Gasteiger charge is 2.15. The van der Waals surface area contributed by atoms with Crippen molar-refractivity contribution in [2.45, 2.75) is 39.2 Å². The van der Waals surface area contributed by atoms with Crippen molar-refractivity contribution in [2.24, 2.45) is 5.73 Å². The van der Waals surface area contributed by atoms with Crippen LogP contribution in [0, 0.1) is 6.92 Å². The number of nitrogens with zero attached hydrogens (tertiary/aromatic N) is 2. The first-order valence-electron chi connectivity index (χ1n) is 6.37. The van der Waals surface area contributed by atoms with Gasteiger partial charge in [-0.2, -0.15) is 4.98 Å². The first-order chi connectivity index (χ1) is 8.72. The Morgan fingerprint density at radius 2 is 2.11 bits per heavy atom. The maximum Gasteiger partial charge on any atom is 0.243 e. The first kappa shape index (κ1) is 12.8. The van der Waals surface area contributed by atoms with Crippen molar-refractivity contribution >= 4 is 0 Å². The number of rotatable bonds is 5. The lowest BCUT2D eigenvalue weighted by atomic mass is 10.1. The standard InChI is InChI=1S/C14H19N3O/c1-3-4-9-12(15)14-16-13(17-18-14)11-8-6-5-7-10(11)2/h5-8,12H,3-4,9,15H2,1-2H3. The Bertz CT molecular complexity index is 507. The van der Waals surface area contributed by atoms with E-state index in [4.69, 9.17) is 10.3 Å². The average molecular weight is 245 g/mol. The molecule has 0 amide bonds. The van der Waals surface area contributed by atoms with Gasteiger partial charge in [-0.1, -0.05) is 49.2 Å². The molecule has 18 heavy (non-hydrogen) atoms. The predicted octanol–water partition coefficient (Wildman–Crippen LogP) is 3.24. The van der Waals surface area contributed by atoms with Gasteiger partial charge in [-0.25, -0.2) is 0 Å². The van der Waals surface area contributed by atoms with Crippen LogP contribution < -0.4 is 5.73 Å². The number of benzene rings is 1. The minimum atomic E-state index is -0.157. The third-order valence-electron chi connectivity index (χ3n) is 3.01. The molecule has 1 aromatic heterocycles. The molecule has 0 saturated carbocycles. The number of aryl methyl sites for hydroxylation is 1. The molecule has 0 saturated heterocycles. The summed E-state index contributed by atoms with van der Waals surface area (Å²) in [6, 6.07) is 7.82. The summed E-state index contributed by atoms with van der Waals surface area (Å²) < 4.78 is 5.25. The van der Waals surface area contributed by atoms with Crippen LogP contribution >= 0.6 is 0 Å². The summed E-state index contributed by atoms with van der Waals surface area (Å²) in [7, 11) is 0. The maximum absolute atomic E-state index is 6.01. The topological polar surface area (TPSA) is 64.9 Å². The van der Waals surface area contributed by atoms with Gasteiger partial charge in [-0.15, -0.1) is 0 Å². The molecular formula is C14H19N3O. The lowest BCUT2D eigenvalue weighted by molar-refractivity contribution is 0.346. The number of hydrogen-bond acceptors (Lipinski definition) is 4. The summed E-state index contributed by atoms with van der Waals surface area (Å²) >= 11 is 0. The Kier molecular flexibility index (Phi) is 4.10. The number of aromatic nitrogens is 2. The van der Waals surface area contributed by atoms with Crippen LogP contribution in [0.2, 0.25) is 0 Å². The lowest BCUT2D eigenvalue weighted by Crippen LogP contribution is -2.10. The van der Waals surface area contributed by atoms with Gasteiger partial charge in [0.05, 0.1) is 6.04 Å².